The van der Waals surface area contributed by atoms with Crippen LogP contribution in [-0.4, -0.2) is 9.55 Å². The summed E-state index contributed by atoms with van der Waals surface area (Å²) in [5.41, 5.74) is 6.73. The Bertz CT molecular complexity index is 896. The Labute approximate surface area is 143 Å². The molecule has 2 heterocycles. The molecule has 0 radical (unpaired) electrons. The van der Waals surface area contributed by atoms with Crippen molar-refractivity contribution in [2.45, 2.75) is 20.4 Å². The molecule has 0 N–H and O–H groups in total. The number of terminal acetylenes is 1. The van der Waals surface area contributed by atoms with Crippen molar-refractivity contribution in [1.29, 1.82) is 0 Å². The van der Waals surface area contributed by atoms with Crippen LogP contribution in [0.3, 0.4) is 0 Å². The highest BCUT2D eigenvalue weighted by Crippen LogP contribution is 2.32. The van der Waals surface area contributed by atoms with Crippen LogP contribution < -0.4 is 0 Å². The lowest BCUT2D eigenvalue weighted by Crippen LogP contribution is -2.00. The third kappa shape index (κ3) is 2.76. The van der Waals surface area contributed by atoms with Crippen LogP contribution in [0, 0.1) is 26.2 Å². The molecule has 2 nitrogen and oxygen atoms in total. The first kappa shape index (κ1) is 16.9. The van der Waals surface area contributed by atoms with Gasteiger partial charge in [0, 0.05) is 22.8 Å². The number of nitrogens with zero attached hydrogens (tertiary/aromatic N) is 2. The summed E-state index contributed by atoms with van der Waals surface area (Å²) in [6, 6.07) is 10.3. The molecule has 0 unspecified atom stereocenters. The molecule has 0 aliphatic carbocycles. The minimum Gasteiger partial charge on any atom is -0.331 e. The summed E-state index contributed by atoms with van der Waals surface area (Å²) in [6.45, 7) is 8.59. The van der Waals surface area contributed by atoms with Crippen molar-refractivity contribution >= 4 is 29.4 Å². The van der Waals surface area contributed by atoms with Crippen molar-refractivity contribution in [2.75, 3.05) is 0 Å². The molecule has 0 amide bonds. The maximum Gasteiger partial charge on any atom is 0.0945 e. The normalized spacial score (nSPS) is 10.1. The van der Waals surface area contributed by atoms with Crippen LogP contribution in [0.15, 0.2) is 43.1 Å². The molecule has 0 aliphatic heterocycles. The first-order chi connectivity index (χ1) is 10.7. The third-order valence-electron chi connectivity index (χ3n) is 4.21. The highest BCUT2D eigenvalue weighted by Gasteiger charge is 2.15. The van der Waals surface area contributed by atoms with E-state index in [-0.39, 0.29) is 12.4 Å². The van der Waals surface area contributed by atoms with E-state index >= 15 is 0 Å². The van der Waals surface area contributed by atoms with Gasteiger partial charge in [0.15, 0.2) is 0 Å². The average molecular weight is 323 g/mol. The SMILES string of the molecule is C#CCn1c(C)c(C)c2ccnc(-c3ccc(C=C)cc3)c21.Cl. The van der Waals surface area contributed by atoms with E-state index in [1.54, 1.807) is 0 Å². The number of aromatic nitrogens is 2. The second-order valence-electron chi connectivity index (χ2n) is 5.38. The Morgan fingerprint density at radius 3 is 2.52 bits per heavy atom. The zero-order valence-electron chi connectivity index (χ0n) is 13.3. The fourth-order valence-electron chi connectivity index (χ4n) is 2.87. The van der Waals surface area contributed by atoms with Crippen molar-refractivity contribution in [3.05, 3.63) is 59.9 Å². The Morgan fingerprint density at radius 2 is 1.91 bits per heavy atom. The zero-order valence-corrected chi connectivity index (χ0v) is 14.2. The van der Waals surface area contributed by atoms with E-state index in [9.17, 15) is 0 Å². The number of rotatable bonds is 3. The second kappa shape index (κ2) is 6.73. The smallest absolute Gasteiger partial charge is 0.0945 e. The Hall–Kier alpha value is -2.50. The zero-order chi connectivity index (χ0) is 15.7. The van der Waals surface area contributed by atoms with Gasteiger partial charge in [-0.05, 0) is 31.0 Å². The molecule has 0 spiro atoms. The molecule has 1 aromatic carbocycles. The van der Waals surface area contributed by atoms with Gasteiger partial charge in [0.1, 0.15) is 0 Å². The molecule has 116 valence electrons. The lowest BCUT2D eigenvalue weighted by atomic mass is 10.1. The summed E-state index contributed by atoms with van der Waals surface area (Å²) in [7, 11) is 0. The van der Waals surface area contributed by atoms with Crippen molar-refractivity contribution in [3.8, 4) is 23.6 Å². The molecule has 0 aliphatic rings. The third-order valence-corrected chi connectivity index (χ3v) is 4.21. The quantitative estimate of drug-likeness (QED) is 0.619. The highest BCUT2D eigenvalue weighted by molar-refractivity contribution is 5.95. The van der Waals surface area contributed by atoms with Gasteiger partial charge in [-0.1, -0.05) is 42.8 Å². The monoisotopic (exact) mass is 322 g/mol. The summed E-state index contributed by atoms with van der Waals surface area (Å²) < 4.78 is 2.18. The van der Waals surface area contributed by atoms with Gasteiger partial charge in [-0.25, -0.2) is 0 Å². The first-order valence-corrected chi connectivity index (χ1v) is 7.28. The number of hydrogen-bond donors (Lipinski definition) is 0. The van der Waals surface area contributed by atoms with Gasteiger partial charge in [0.2, 0.25) is 0 Å². The number of hydrogen-bond acceptors (Lipinski definition) is 1. The van der Waals surface area contributed by atoms with Crippen molar-refractivity contribution in [2.24, 2.45) is 0 Å². The minimum absolute atomic E-state index is 0. The number of benzene rings is 1. The molecule has 3 rings (SSSR count). The van der Waals surface area contributed by atoms with Gasteiger partial charge in [-0.15, -0.1) is 18.8 Å². The predicted octanol–water partition coefficient (Wildman–Crippen LogP) is 5.02. The van der Waals surface area contributed by atoms with E-state index in [1.807, 2.05) is 12.3 Å². The van der Waals surface area contributed by atoms with Crippen LogP contribution in [0.2, 0.25) is 0 Å². The molecule has 0 saturated carbocycles. The van der Waals surface area contributed by atoms with Gasteiger partial charge in [0.25, 0.3) is 0 Å². The van der Waals surface area contributed by atoms with Crippen molar-refractivity contribution in [3.63, 3.8) is 0 Å². The fourth-order valence-corrected chi connectivity index (χ4v) is 2.87. The lowest BCUT2D eigenvalue weighted by molar-refractivity contribution is 0.841. The summed E-state index contributed by atoms with van der Waals surface area (Å²) in [5, 5.41) is 1.21. The van der Waals surface area contributed by atoms with E-state index < -0.39 is 0 Å². The Kier molecular flexibility index (Phi) is 4.93. The summed E-state index contributed by atoms with van der Waals surface area (Å²) in [5.74, 6) is 2.75. The second-order valence-corrected chi connectivity index (χ2v) is 5.38. The molecule has 2 aromatic heterocycles. The van der Waals surface area contributed by atoms with E-state index in [0.29, 0.717) is 6.54 Å². The number of fused-ring (bicyclic) bond motifs is 1. The molecule has 3 aromatic rings. The van der Waals surface area contributed by atoms with Crippen molar-refractivity contribution in [1.82, 2.24) is 9.55 Å². The molecule has 23 heavy (non-hydrogen) atoms. The van der Waals surface area contributed by atoms with Gasteiger partial charge < -0.3 is 4.57 Å². The molecule has 3 heteroatoms. The summed E-state index contributed by atoms with van der Waals surface area (Å²) in [4.78, 5) is 4.61. The van der Waals surface area contributed by atoms with Gasteiger partial charge in [-0.2, -0.15) is 0 Å². The van der Waals surface area contributed by atoms with Crippen LogP contribution in [-0.2, 0) is 6.54 Å². The van der Waals surface area contributed by atoms with Crippen LogP contribution in [0.5, 0.6) is 0 Å². The predicted molar refractivity (Wildman–Crippen MR) is 101 cm³/mol. The molecule has 0 bridgehead atoms. The Balaban J connectivity index is 0.00000192. The first-order valence-electron chi connectivity index (χ1n) is 7.28. The minimum atomic E-state index is 0. The molecular formula is C20H19ClN2. The van der Waals surface area contributed by atoms with Crippen molar-refractivity contribution < 1.29 is 0 Å². The average Bonchev–Trinajstić information content (AvgIpc) is 2.80. The standard InChI is InChI=1S/C20H18N2.ClH/c1-5-13-22-15(4)14(3)18-11-12-21-19(20(18)22)17-9-7-16(6-2)8-10-17;/h1,6-12H,2,13H2,3-4H3;1H. The number of halogens is 1. The molecular weight excluding hydrogens is 304 g/mol. The number of aryl methyl sites for hydroxylation is 1. The van der Waals surface area contributed by atoms with Gasteiger partial charge in [-0.3, -0.25) is 4.98 Å². The van der Waals surface area contributed by atoms with Gasteiger partial charge >= 0.3 is 0 Å². The van der Waals surface area contributed by atoms with Gasteiger partial charge in [0.05, 0.1) is 17.8 Å². The summed E-state index contributed by atoms with van der Waals surface area (Å²) >= 11 is 0. The van der Waals surface area contributed by atoms with Crippen LogP contribution in [0.25, 0.3) is 28.2 Å². The lowest BCUT2D eigenvalue weighted by Gasteiger charge is -2.08. The molecule has 0 saturated heterocycles. The maximum absolute atomic E-state index is 5.55. The van der Waals surface area contributed by atoms with E-state index in [2.05, 4.69) is 66.2 Å². The van der Waals surface area contributed by atoms with E-state index in [0.717, 1.165) is 22.3 Å². The molecule has 0 atom stereocenters. The fraction of sp³-hybridized carbons (Fsp3) is 0.150. The largest absolute Gasteiger partial charge is 0.331 e. The number of pyridine rings is 1. The molecule has 0 fully saturated rings. The maximum atomic E-state index is 5.55. The van der Waals surface area contributed by atoms with Crippen LogP contribution >= 0.6 is 12.4 Å². The topological polar surface area (TPSA) is 17.8 Å². The van der Waals surface area contributed by atoms with E-state index in [4.69, 9.17) is 6.42 Å². The van der Waals surface area contributed by atoms with Crippen LogP contribution in [0.4, 0.5) is 0 Å². The Morgan fingerprint density at radius 1 is 1.22 bits per heavy atom. The summed E-state index contributed by atoms with van der Waals surface area (Å²) in [6.07, 6.45) is 9.26. The van der Waals surface area contributed by atoms with Crippen LogP contribution in [0.1, 0.15) is 16.8 Å². The van der Waals surface area contributed by atoms with E-state index in [1.165, 1.54) is 16.6 Å². The highest BCUT2D eigenvalue weighted by atomic mass is 35.5.